The summed E-state index contributed by atoms with van der Waals surface area (Å²) >= 11 is 3.35. The van der Waals surface area contributed by atoms with Gasteiger partial charge in [-0.3, -0.25) is 9.78 Å². The SMILES string of the molecule is Cc1ccc(NC(=O)c2ccncc2F)c(Br)c1. The first kappa shape index (κ1) is 12.7. The molecule has 1 aromatic carbocycles. The monoisotopic (exact) mass is 308 g/mol. The topological polar surface area (TPSA) is 42.0 Å². The maximum absolute atomic E-state index is 13.4. The average molecular weight is 309 g/mol. The first-order valence-corrected chi connectivity index (χ1v) is 6.04. The standard InChI is InChI=1S/C13H10BrFN2O/c1-8-2-3-12(10(14)6-8)17-13(18)9-4-5-16-7-11(9)15/h2-7H,1H3,(H,17,18). The number of hydrogen-bond acceptors (Lipinski definition) is 2. The fourth-order valence-electron chi connectivity index (χ4n) is 1.47. The van der Waals surface area contributed by atoms with Crippen LogP contribution < -0.4 is 5.32 Å². The van der Waals surface area contributed by atoms with E-state index in [-0.39, 0.29) is 5.56 Å². The fourth-order valence-corrected chi connectivity index (χ4v) is 2.06. The van der Waals surface area contributed by atoms with E-state index in [0.717, 1.165) is 16.2 Å². The molecule has 0 bridgehead atoms. The van der Waals surface area contributed by atoms with Crippen LogP contribution in [0.2, 0.25) is 0 Å². The summed E-state index contributed by atoms with van der Waals surface area (Å²) in [6.45, 7) is 1.94. The van der Waals surface area contributed by atoms with Gasteiger partial charge in [0.2, 0.25) is 0 Å². The van der Waals surface area contributed by atoms with E-state index >= 15 is 0 Å². The summed E-state index contributed by atoms with van der Waals surface area (Å²) in [5.41, 5.74) is 1.63. The van der Waals surface area contributed by atoms with Crippen LogP contribution in [0, 0.1) is 12.7 Å². The molecule has 1 aromatic heterocycles. The smallest absolute Gasteiger partial charge is 0.258 e. The lowest BCUT2D eigenvalue weighted by Crippen LogP contribution is -2.14. The Morgan fingerprint density at radius 3 is 2.83 bits per heavy atom. The molecule has 0 atom stereocenters. The molecule has 0 unspecified atom stereocenters. The highest BCUT2D eigenvalue weighted by molar-refractivity contribution is 9.10. The molecule has 0 aliphatic heterocycles. The van der Waals surface area contributed by atoms with E-state index in [9.17, 15) is 9.18 Å². The molecule has 0 saturated carbocycles. The van der Waals surface area contributed by atoms with Gasteiger partial charge in [-0.25, -0.2) is 4.39 Å². The molecule has 1 heterocycles. The highest BCUT2D eigenvalue weighted by Crippen LogP contribution is 2.24. The van der Waals surface area contributed by atoms with Gasteiger partial charge in [-0.2, -0.15) is 0 Å². The summed E-state index contributed by atoms with van der Waals surface area (Å²) in [6.07, 6.45) is 2.39. The van der Waals surface area contributed by atoms with Crippen LogP contribution in [-0.2, 0) is 0 Å². The van der Waals surface area contributed by atoms with Gasteiger partial charge in [0.05, 0.1) is 17.4 Å². The first-order chi connectivity index (χ1) is 8.58. The van der Waals surface area contributed by atoms with Gasteiger partial charge in [0.15, 0.2) is 5.82 Å². The van der Waals surface area contributed by atoms with Crippen molar-refractivity contribution in [3.05, 3.63) is 58.1 Å². The number of aromatic nitrogens is 1. The van der Waals surface area contributed by atoms with E-state index in [1.165, 1.54) is 12.3 Å². The van der Waals surface area contributed by atoms with Crippen LogP contribution in [0.4, 0.5) is 10.1 Å². The summed E-state index contributed by atoms with van der Waals surface area (Å²) < 4.78 is 14.1. The predicted octanol–water partition coefficient (Wildman–Crippen LogP) is 3.54. The third-order valence-electron chi connectivity index (χ3n) is 2.39. The number of aryl methyl sites for hydroxylation is 1. The highest BCUT2D eigenvalue weighted by Gasteiger charge is 2.12. The number of nitrogens with one attached hydrogen (secondary N) is 1. The normalized spacial score (nSPS) is 10.2. The molecule has 5 heteroatoms. The number of amides is 1. The quantitative estimate of drug-likeness (QED) is 0.922. The maximum atomic E-state index is 13.4. The van der Waals surface area contributed by atoms with Gasteiger partial charge >= 0.3 is 0 Å². The van der Waals surface area contributed by atoms with E-state index in [4.69, 9.17) is 0 Å². The third-order valence-corrected chi connectivity index (χ3v) is 3.05. The van der Waals surface area contributed by atoms with Gasteiger partial charge in [0, 0.05) is 10.7 Å². The van der Waals surface area contributed by atoms with Crippen molar-refractivity contribution < 1.29 is 9.18 Å². The molecule has 18 heavy (non-hydrogen) atoms. The van der Waals surface area contributed by atoms with Crippen molar-refractivity contribution in [2.75, 3.05) is 5.32 Å². The number of hydrogen-bond donors (Lipinski definition) is 1. The van der Waals surface area contributed by atoms with Gasteiger partial charge in [-0.1, -0.05) is 6.07 Å². The number of rotatable bonds is 2. The molecule has 2 aromatic rings. The minimum Gasteiger partial charge on any atom is -0.321 e. The lowest BCUT2D eigenvalue weighted by molar-refractivity contribution is 0.102. The molecule has 0 saturated heterocycles. The molecule has 3 nitrogen and oxygen atoms in total. The zero-order valence-electron chi connectivity index (χ0n) is 9.58. The second kappa shape index (κ2) is 5.27. The number of carbonyl (C=O) groups excluding carboxylic acids is 1. The number of nitrogens with zero attached hydrogens (tertiary/aromatic N) is 1. The summed E-state index contributed by atoms with van der Waals surface area (Å²) in [4.78, 5) is 15.5. The van der Waals surface area contributed by atoms with Crippen molar-refractivity contribution in [1.82, 2.24) is 4.98 Å². The second-order valence-corrected chi connectivity index (χ2v) is 4.65. The van der Waals surface area contributed by atoms with Crippen molar-refractivity contribution in [1.29, 1.82) is 0 Å². The largest absolute Gasteiger partial charge is 0.321 e. The van der Waals surface area contributed by atoms with Gasteiger partial charge in [-0.15, -0.1) is 0 Å². The van der Waals surface area contributed by atoms with Crippen LogP contribution in [0.15, 0.2) is 41.1 Å². The molecule has 1 N–H and O–H groups in total. The molecule has 2 rings (SSSR count). The van der Waals surface area contributed by atoms with E-state index in [0.29, 0.717) is 5.69 Å². The first-order valence-electron chi connectivity index (χ1n) is 5.25. The van der Waals surface area contributed by atoms with E-state index in [1.54, 1.807) is 6.07 Å². The molecule has 1 amide bonds. The summed E-state index contributed by atoms with van der Waals surface area (Å²) in [5.74, 6) is -1.14. The molecule has 0 fully saturated rings. The van der Waals surface area contributed by atoms with Crippen molar-refractivity contribution >= 4 is 27.5 Å². The van der Waals surface area contributed by atoms with E-state index < -0.39 is 11.7 Å². The van der Waals surface area contributed by atoms with Crippen molar-refractivity contribution in [3.63, 3.8) is 0 Å². The fraction of sp³-hybridized carbons (Fsp3) is 0.0769. The number of halogens is 2. The van der Waals surface area contributed by atoms with Gasteiger partial charge in [0.1, 0.15) is 0 Å². The summed E-state index contributed by atoms with van der Waals surface area (Å²) in [5, 5.41) is 2.64. The van der Waals surface area contributed by atoms with Crippen molar-refractivity contribution in [2.45, 2.75) is 6.92 Å². The summed E-state index contributed by atoms with van der Waals surface area (Å²) in [6, 6.07) is 6.84. The molecular formula is C13H10BrFN2O. The lowest BCUT2D eigenvalue weighted by Gasteiger charge is -2.08. The Morgan fingerprint density at radius 2 is 2.17 bits per heavy atom. The molecule has 92 valence electrons. The molecule has 0 aliphatic carbocycles. The Bertz CT molecular complexity index is 601. The van der Waals surface area contributed by atoms with Crippen molar-refractivity contribution in [3.8, 4) is 0 Å². The third kappa shape index (κ3) is 2.73. The number of anilines is 1. The van der Waals surface area contributed by atoms with Crippen LogP contribution in [0.5, 0.6) is 0 Å². The Balaban J connectivity index is 2.24. The Labute approximate surface area is 112 Å². The molecule has 0 radical (unpaired) electrons. The Morgan fingerprint density at radius 1 is 1.39 bits per heavy atom. The van der Waals surface area contributed by atoms with Crippen LogP contribution in [-0.4, -0.2) is 10.9 Å². The lowest BCUT2D eigenvalue weighted by atomic mass is 10.2. The van der Waals surface area contributed by atoms with Gasteiger partial charge in [-0.05, 0) is 46.6 Å². The molecular weight excluding hydrogens is 299 g/mol. The number of pyridine rings is 1. The van der Waals surface area contributed by atoms with Crippen LogP contribution in [0.1, 0.15) is 15.9 Å². The van der Waals surface area contributed by atoms with E-state index in [1.807, 2.05) is 19.1 Å². The number of carbonyl (C=O) groups is 1. The van der Waals surface area contributed by atoms with Gasteiger partial charge in [0.25, 0.3) is 5.91 Å². The minimum atomic E-state index is -0.641. The Hall–Kier alpha value is -1.75. The van der Waals surface area contributed by atoms with Gasteiger partial charge < -0.3 is 5.32 Å². The minimum absolute atomic E-state index is 0.0301. The van der Waals surface area contributed by atoms with Crippen LogP contribution in [0.25, 0.3) is 0 Å². The van der Waals surface area contributed by atoms with E-state index in [2.05, 4.69) is 26.2 Å². The Kier molecular flexibility index (Phi) is 3.72. The van der Waals surface area contributed by atoms with Crippen molar-refractivity contribution in [2.24, 2.45) is 0 Å². The van der Waals surface area contributed by atoms with Crippen LogP contribution in [0.3, 0.4) is 0 Å². The molecule has 0 aliphatic rings. The average Bonchev–Trinajstić information content (AvgIpc) is 2.33. The number of benzene rings is 1. The second-order valence-electron chi connectivity index (χ2n) is 3.79. The highest BCUT2D eigenvalue weighted by atomic mass is 79.9. The predicted molar refractivity (Wildman–Crippen MR) is 71.0 cm³/mol. The molecule has 0 spiro atoms. The zero-order chi connectivity index (χ0) is 13.1. The summed E-state index contributed by atoms with van der Waals surface area (Å²) in [7, 11) is 0. The van der Waals surface area contributed by atoms with Crippen LogP contribution >= 0.6 is 15.9 Å². The zero-order valence-corrected chi connectivity index (χ0v) is 11.2. The maximum Gasteiger partial charge on any atom is 0.258 e.